The van der Waals surface area contributed by atoms with Gasteiger partial charge in [0.2, 0.25) is 15.8 Å². The summed E-state index contributed by atoms with van der Waals surface area (Å²) >= 11 is 0. The van der Waals surface area contributed by atoms with Crippen LogP contribution in [0.2, 0.25) is 0 Å². The fourth-order valence-electron chi connectivity index (χ4n) is 15.2. The van der Waals surface area contributed by atoms with Crippen molar-refractivity contribution in [1.82, 2.24) is 9.21 Å². The number of ether oxygens (including phenoxy) is 5. The molecule has 2 bridgehead atoms. The van der Waals surface area contributed by atoms with Crippen molar-refractivity contribution in [2.24, 2.45) is 53.3 Å². The zero-order valence-electron chi connectivity index (χ0n) is 60.4. The molecule has 1 amide bonds. The van der Waals surface area contributed by atoms with E-state index in [1.807, 2.05) is 82.3 Å². The maximum absolute atomic E-state index is 14.9. The molecule has 21 nitrogen and oxygen atoms in total. The number of furan rings is 1. The number of hydrogen-bond donors (Lipinski definition) is 5. The maximum Gasteiger partial charge on any atom is 0.329 e. The second kappa shape index (κ2) is 38.5. The predicted octanol–water partition coefficient (Wildman–Crippen LogP) is 9.72. The number of piperidine rings is 1. The third kappa shape index (κ3) is 22.5. The molecule has 0 radical (unpaired) electrons. The highest BCUT2D eigenvalue weighted by atomic mass is 32.2. The van der Waals surface area contributed by atoms with Gasteiger partial charge in [-0.3, -0.25) is 24.0 Å². The molecule has 554 valence electrons. The van der Waals surface area contributed by atoms with Crippen LogP contribution in [0.3, 0.4) is 0 Å². The minimum absolute atomic E-state index is 0.00769. The number of benzene rings is 2. The van der Waals surface area contributed by atoms with Gasteiger partial charge in [0.05, 0.1) is 48.8 Å². The van der Waals surface area contributed by atoms with Gasteiger partial charge in [-0.25, -0.2) is 13.2 Å². The van der Waals surface area contributed by atoms with Gasteiger partial charge in [0, 0.05) is 103 Å². The Morgan fingerprint density at radius 2 is 1.52 bits per heavy atom. The number of allylic oxidation sites excluding steroid dienone is 5. The summed E-state index contributed by atoms with van der Waals surface area (Å²) in [7, 11) is 0.405. The summed E-state index contributed by atoms with van der Waals surface area (Å²) in [5.74, 6) is -9.72. The Labute approximate surface area is 592 Å². The van der Waals surface area contributed by atoms with Crippen molar-refractivity contribution in [3.63, 3.8) is 0 Å². The summed E-state index contributed by atoms with van der Waals surface area (Å²) in [5.41, 5.74) is 2.27. The van der Waals surface area contributed by atoms with E-state index in [0.717, 1.165) is 16.0 Å². The first-order valence-corrected chi connectivity index (χ1v) is 37.5. The van der Waals surface area contributed by atoms with Crippen molar-refractivity contribution in [3.05, 3.63) is 120 Å². The van der Waals surface area contributed by atoms with Gasteiger partial charge in [0.1, 0.15) is 47.1 Å². The molecule has 22 heteroatoms. The molecule has 3 aliphatic heterocycles. The number of ketones is 4. The lowest BCUT2D eigenvalue weighted by atomic mass is 9.78. The Bertz CT molecular complexity index is 3330. The fraction of sp³-hybridized carbons (Fsp3) is 0.641. The number of aliphatic hydroxyl groups is 5. The van der Waals surface area contributed by atoms with Crippen LogP contribution in [0.15, 0.2) is 118 Å². The van der Waals surface area contributed by atoms with Crippen LogP contribution < -0.4 is 4.74 Å². The number of sulfonamides is 1. The number of amides is 1. The number of methoxy groups -OCH3 is 3. The van der Waals surface area contributed by atoms with Crippen LogP contribution in [0.4, 0.5) is 0 Å². The van der Waals surface area contributed by atoms with Crippen LogP contribution >= 0.6 is 0 Å². The average molecular weight is 1410 g/mol. The Morgan fingerprint density at radius 3 is 2.18 bits per heavy atom. The van der Waals surface area contributed by atoms with E-state index in [1.54, 1.807) is 45.0 Å². The molecular weight excluding hydrogens is 1300 g/mol. The Morgan fingerprint density at radius 1 is 0.820 bits per heavy atom. The van der Waals surface area contributed by atoms with Crippen LogP contribution in [0.5, 0.6) is 5.75 Å². The first kappa shape index (κ1) is 81.3. The smallest absolute Gasteiger partial charge is 0.329 e. The molecule has 7 rings (SSSR count). The van der Waals surface area contributed by atoms with Gasteiger partial charge in [-0.1, -0.05) is 94.8 Å². The van der Waals surface area contributed by atoms with Gasteiger partial charge >= 0.3 is 5.97 Å². The zero-order valence-corrected chi connectivity index (χ0v) is 61.2. The summed E-state index contributed by atoms with van der Waals surface area (Å²) in [6, 6.07) is 17.8. The Kier molecular flexibility index (Phi) is 31.2. The number of rotatable bonds is 28. The molecule has 5 N–H and O–H groups in total. The number of aliphatic hydroxyl groups excluding tert-OH is 4. The molecule has 0 spiro atoms. The molecule has 4 heterocycles. The summed E-state index contributed by atoms with van der Waals surface area (Å²) in [5, 5.41) is 57.4. The Balaban J connectivity index is 1.11. The molecule has 2 saturated heterocycles. The number of cyclic esters (lactones) is 1. The van der Waals surface area contributed by atoms with Gasteiger partial charge in [-0.15, -0.1) is 0 Å². The van der Waals surface area contributed by atoms with Crippen molar-refractivity contribution in [1.29, 1.82) is 0 Å². The summed E-state index contributed by atoms with van der Waals surface area (Å²) in [6.45, 7) is 12.4. The van der Waals surface area contributed by atoms with E-state index in [4.69, 9.17) is 28.1 Å². The highest BCUT2D eigenvalue weighted by molar-refractivity contribution is 7.89. The van der Waals surface area contributed by atoms with Gasteiger partial charge in [-0.2, -0.15) is 4.31 Å². The molecular formula is C78H112N2O19S. The first-order valence-electron chi connectivity index (χ1n) is 36.0. The van der Waals surface area contributed by atoms with Crippen molar-refractivity contribution >= 4 is 45.0 Å². The molecule has 1 aliphatic carbocycles. The monoisotopic (exact) mass is 1410 g/mol. The number of esters is 1. The van der Waals surface area contributed by atoms with Crippen molar-refractivity contribution in [2.45, 2.75) is 223 Å². The summed E-state index contributed by atoms with van der Waals surface area (Å²) in [6.07, 6.45) is 6.60. The van der Waals surface area contributed by atoms with Crippen LogP contribution in [0.25, 0.3) is 0 Å². The van der Waals surface area contributed by atoms with E-state index in [-0.39, 0.29) is 124 Å². The van der Waals surface area contributed by atoms with E-state index < -0.39 is 112 Å². The van der Waals surface area contributed by atoms with Gasteiger partial charge in [0.15, 0.2) is 0 Å². The van der Waals surface area contributed by atoms with Gasteiger partial charge in [0.25, 0.3) is 11.7 Å². The minimum Gasteiger partial charge on any atom is -0.497 e. The third-order valence-electron chi connectivity index (χ3n) is 20.9. The number of carbonyl (C=O) groups is 6. The lowest BCUT2D eigenvalue weighted by molar-refractivity contribution is -0.302. The van der Waals surface area contributed by atoms with Gasteiger partial charge < -0.3 is 58.5 Å². The molecule has 17 atom stereocenters. The highest BCUT2D eigenvalue weighted by Gasteiger charge is 2.57. The van der Waals surface area contributed by atoms with E-state index in [2.05, 4.69) is 0 Å². The first-order chi connectivity index (χ1) is 47.6. The molecule has 3 aromatic rings. The lowest BCUT2D eigenvalue weighted by Gasteiger charge is -2.47. The summed E-state index contributed by atoms with van der Waals surface area (Å²) < 4.78 is 65.3. The van der Waals surface area contributed by atoms with Gasteiger partial charge in [-0.05, 0) is 168 Å². The van der Waals surface area contributed by atoms with Crippen molar-refractivity contribution in [2.75, 3.05) is 47.6 Å². The number of Topliss-reactive ketones (excluding diaryl/α,β-unsaturated/α-hetero) is 4. The Hall–Kier alpha value is -6.05. The summed E-state index contributed by atoms with van der Waals surface area (Å²) in [4.78, 5) is 88.4. The van der Waals surface area contributed by atoms with Crippen LogP contribution in [0, 0.1) is 53.3 Å². The lowest BCUT2D eigenvalue weighted by Crippen LogP contribution is -2.64. The van der Waals surface area contributed by atoms with E-state index in [9.17, 15) is 62.7 Å². The fourth-order valence-corrected chi connectivity index (χ4v) is 16.8. The number of fused-ring (bicyclic) bond motifs is 3. The number of nitrogens with zero attached hydrogens (tertiary/aromatic N) is 2. The second-order valence-electron chi connectivity index (χ2n) is 29.4. The minimum atomic E-state index is -4.08. The highest BCUT2D eigenvalue weighted by Crippen LogP contribution is 2.40. The topological polar surface area (TPSA) is 303 Å². The standard InChI is InChI=1S/C78H112N2O19S/c1-49(2)46-79(100(92,93)65-29-27-63(94-8)28-30-65)47-70(87)59(39-55-20-13-11-14-21-55)44-62(83)42-57(43-64-24-19-33-97-64)41-61(82)23-16-12-15-22-58-35-50(3)34-51(4)36-71(95-9)74-72(96-10)38-53(6)78(91,99-74)75(88)76(89)80-32-18-17-25-66(80)77(90)98-73(54(7)68(85)45-69(58)86)52(5)37-56-26-31-67(84)60(40-56)48-81/h11-15,19-21,24,27-30,33,35,37,49,51,53-54,56-60,66-68,70-74,81,84-85,87,91H,16-18,22-23,25-26,31-32,34,36,38-48H2,1-10H3/b15-12+,50-35+,52-37+/t51-,53+,54+,56-,57?,58+,59-,60-,66-,67+,68-,70-,71-,72-,73+,74+,78+/m0/s1. The van der Waals surface area contributed by atoms with Crippen molar-refractivity contribution < 1.29 is 90.8 Å². The second-order valence-corrected chi connectivity index (χ2v) is 31.3. The third-order valence-corrected chi connectivity index (χ3v) is 22.7. The largest absolute Gasteiger partial charge is 0.497 e. The van der Waals surface area contributed by atoms with E-state index >= 15 is 0 Å². The molecule has 2 aromatic carbocycles. The molecule has 3 fully saturated rings. The SMILES string of the molecule is COc1ccc(S(=O)(=O)N(CC(C)C)C[C@H](O)[C@H](CC(=O)CC(CC(=O)CC/C=C/C[C@@H]2/C=C(\C)C[C@H](C)C[C@H](OC)[C@H]3O[C@@](O)(C(=O)C(=O)N4CCCC[C@H]4C(=O)O[C@H](/C(C)=C/[C@@H]4CC[C@@H](O)[C@H](CO)C4)[C@H](C)[C@@H](O)CC2=O)[C@H](C)C[C@@H]3OC)Cc2ccco2)Cc2ccccc2)cc1. The van der Waals surface area contributed by atoms with Crippen LogP contribution in [0.1, 0.15) is 163 Å². The van der Waals surface area contributed by atoms with Crippen LogP contribution in [-0.2, 0) is 70.6 Å². The molecule has 100 heavy (non-hydrogen) atoms. The van der Waals surface area contributed by atoms with Crippen molar-refractivity contribution in [3.8, 4) is 5.75 Å². The zero-order chi connectivity index (χ0) is 73.0. The average Bonchev–Trinajstić information content (AvgIpc) is 0.807. The quantitative estimate of drug-likeness (QED) is 0.0256. The van der Waals surface area contributed by atoms with E-state index in [0.29, 0.717) is 81.3 Å². The molecule has 1 aromatic heterocycles. The molecule has 1 unspecified atom stereocenters. The predicted molar refractivity (Wildman–Crippen MR) is 377 cm³/mol. The van der Waals surface area contributed by atoms with Crippen LogP contribution in [-0.4, -0.2) is 180 Å². The van der Waals surface area contributed by atoms with E-state index in [1.165, 1.54) is 44.0 Å². The normalized spacial score (nSPS) is 29.7. The number of carbonyl (C=O) groups excluding carboxylic acids is 6. The maximum atomic E-state index is 14.9. The molecule has 1 saturated carbocycles. The number of hydrogen-bond acceptors (Lipinski definition) is 19. The molecule has 4 aliphatic rings.